The second-order valence-electron chi connectivity index (χ2n) is 11.0. The molecule has 0 bridgehead atoms. The SMILES string of the molecule is C=CC(=O)N1CC(Cn2c(=O)c(=O)n(C3=C(C)C=CC[C@@H]3C(C)C)c3cc(-c4c(O)ccc(F)c4F)c(Cl)cc32)C1. The molecule has 3 aromatic rings. The lowest BCUT2D eigenvalue weighted by atomic mass is 9.83. The van der Waals surface area contributed by atoms with Crippen LogP contribution in [0.3, 0.4) is 0 Å². The molecule has 1 aliphatic heterocycles. The molecule has 0 spiro atoms. The van der Waals surface area contributed by atoms with Gasteiger partial charge in [0, 0.05) is 42.7 Å². The van der Waals surface area contributed by atoms with Crippen molar-refractivity contribution in [3.8, 4) is 16.9 Å². The summed E-state index contributed by atoms with van der Waals surface area (Å²) in [5, 5.41) is 10.5. The van der Waals surface area contributed by atoms with Crippen molar-refractivity contribution in [2.45, 2.75) is 33.7 Å². The highest BCUT2D eigenvalue weighted by Crippen LogP contribution is 2.41. The number of hydrogen-bond donors (Lipinski definition) is 1. The highest BCUT2D eigenvalue weighted by Gasteiger charge is 2.32. The third kappa shape index (κ3) is 4.82. The van der Waals surface area contributed by atoms with E-state index >= 15 is 4.39 Å². The molecular weight excluding hydrogens is 552 g/mol. The highest BCUT2D eigenvalue weighted by molar-refractivity contribution is 6.34. The number of hydrogen-bond acceptors (Lipinski definition) is 4. The number of benzene rings is 2. The molecule has 214 valence electrons. The number of aromatic hydroxyl groups is 1. The maximum Gasteiger partial charge on any atom is 0.321 e. The van der Waals surface area contributed by atoms with Crippen LogP contribution in [0.15, 0.2) is 64.2 Å². The lowest BCUT2D eigenvalue weighted by Gasteiger charge is -2.39. The molecule has 5 rings (SSSR count). The van der Waals surface area contributed by atoms with Crippen molar-refractivity contribution >= 4 is 34.2 Å². The minimum atomic E-state index is -1.29. The summed E-state index contributed by atoms with van der Waals surface area (Å²) in [6.07, 6.45) is 5.79. The molecule has 0 unspecified atom stereocenters. The number of likely N-dealkylation sites (tertiary alicyclic amines) is 1. The van der Waals surface area contributed by atoms with Crippen LogP contribution in [0.25, 0.3) is 27.9 Å². The van der Waals surface area contributed by atoms with Crippen LogP contribution in [-0.2, 0) is 11.3 Å². The number of allylic oxidation sites excluding steroid dienone is 4. The molecule has 1 aromatic heterocycles. The first kappa shape index (κ1) is 28.5. The lowest BCUT2D eigenvalue weighted by Crippen LogP contribution is -2.52. The van der Waals surface area contributed by atoms with Crippen molar-refractivity contribution in [1.29, 1.82) is 0 Å². The Balaban J connectivity index is 1.81. The van der Waals surface area contributed by atoms with E-state index in [4.69, 9.17) is 11.6 Å². The number of phenols is 1. The quantitative estimate of drug-likeness (QED) is 0.304. The Bertz CT molecular complexity index is 1780. The van der Waals surface area contributed by atoms with E-state index in [1.165, 1.54) is 27.3 Å². The number of nitrogens with zero attached hydrogens (tertiary/aromatic N) is 3. The van der Waals surface area contributed by atoms with Gasteiger partial charge in [0.15, 0.2) is 11.6 Å². The summed E-state index contributed by atoms with van der Waals surface area (Å²) in [5.74, 6) is -3.27. The summed E-state index contributed by atoms with van der Waals surface area (Å²) < 4.78 is 32.0. The number of halogens is 3. The van der Waals surface area contributed by atoms with Gasteiger partial charge in [-0.25, -0.2) is 8.78 Å². The van der Waals surface area contributed by atoms with E-state index < -0.39 is 34.1 Å². The number of fused-ring (bicyclic) bond motifs is 1. The molecule has 1 saturated heterocycles. The zero-order valence-electron chi connectivity index (χ0n) is 23.0. The maximum absolute atomic E-state index is 15.0. The molecule has 2 aromatic carbocycles. The van der Waals surface area contributed by atoms with E-state index in [2.05, 4.69) is 6.58 Å². The van der Waals surface area contributed by atoms with Gasteiger partial charge in [-0.15, -0.1) is 0 Å². The fraction of sp³-hybridized carbons (Fsp3) is 0.323. The molecule has 7 nitrogen and oxygen atoms in total. The van der Waals surface area contributed by atoms with Crippen LogP contribution in [0.4, 0.5) is 8.78 Å². The van der Waals surface area contributed by atoms with Crippen molar-refractivity contribution in [3.05, 3.63) is 92.0 Å². The fourth-order valence-electron chi connectivity index (χ4n) is 5.85. The molecule has 10 heteroatoms. The van der Waals surface area contributed by atoms with E-state index in [9.17, 15) is 23.9 Å². The molecule has 41 heavy (non-hydrogen) atoms. The first-order chi connectivity index (χ1) is 19.4. The van der Waals surface area contributed by atoms with Crippen LogP contribution < -0.4 is 11.1 Å². The molecule has 1 amide bonds. The zero-order chi connectivity index (χ0) is 29.7. The average molecular weight is 582 g/mol. The van der Waals surface area contributed by atoms with Crippen LogP contribution >= 0.6 is 11.6 Å². The van der Waals surface area contributed by atoms with Crippen molar-refractivity contribution < 1.29 is 18.7 Å². The first-order valence-corrected chi connectivity index (χ1v) is 13.8. The van der Waals surface area contributed by atoms with Gasteiger partial charge in [-0.05, 0) is 55.2 Å². The van der Waals surface area contributed by atoms with E-state index in [0.29, 0.717) is 30.7 Å². The van der Waals surface area contributed by atoms with Crippen LogP contribution in [0, 0.1) is 29.4 Å². The van der Waals surface area contributed by atoms with Gasteiger partial charge in [0.25, 0.3) is 0 Å². The predicted molar refractivity (Wildman–Crippen MR) is 156 cm³/mol. The minimum Gasteiger partial charge on any atom is -0.507 e. The molecular formula is C31H30ClF2N3O4. The Morgan fingerprint density at radius 1 is 1.17 bits per heavy atom. The lowest BCUT2D eigenvalue weighted by molar-refractivity contribution is -0.132. The Morgan fingerprint density at radius 3 is 2.54 bits per heavy atom. The van der Waals surface area contributed by atoms with Gasteiger partial charge in [-0.3, -0.25) is 19.0 Å². The second kappa shape index (κ2) is 10.8. The van der Waals surface area contributed by atoms with Gasteiger partial charge in [-0.2, -0.15) is 0 Å². The van der Waals surface area contributed by atoms with Gasteiger partial charge >= 0.3 is 11.1 Å². The summed E-state index contributed by atoms with van der Waals surface area (Å²) in [6, 6.07) is 4.71. The van der Waals surface area contributed by atoms with Crippen molar-refractivity contribution in [2.75, 3.05) is 13.1 Å². The average Bonchev–Trinajstić information content (AvgIpc) is 2.91. The number of aromatic nitrogens is 2. The number of carbonyl (C=O) groups excluding carboxylic acids is 1. The highest BCUT2D eigenvalue weighted by atomic mass is 35.5. The Kier molecular flexibility index (Phi) is 7.50. The van der Waals surface area contributed by atoms with E-state index in [0.717, 1.165) is 17.7 Å². The van der Waals surface area contributed by atoms with Crippen LogP contribution in [-0.4, -0.2) is 38.1 Å². The van der Waals surface area contributed by atoms with Gasteiger partial charge < -0.3 is 14.6 Å². The minimum absolute atomic E-state index is 0.0240. The number of phenolic OH excluding ortho intramolecular Hbond substituents is 1. The first-order valence-electron chi connectivity index (χ1n) is 13.4. The normalized spacial score (nSPS) is 17.4. The summed E-state index contributed by atoms with van der Waals surface area (Å²) in [4.78, 5) is 41.1. The van der Waals surface area contributed by atoms with Crippen LogP contribution in [0.5, 0.6) is 5.75 Å². The van der Waals surface area contributed by atoms with Gasteiger partial charge in [0.1, 0.15) is 5.75 Å². The largest absolute Gasteiger partial charge is 0.507 e. The predicted octanol–water partition coefficient (Wildman–Crippen LogP) is 5.57. The van der Waals surface area contributed by atoms with E-state index in [-0.39, 0.29) is 46.3 Å². The monoisotopic (exact) mass is 581 g/mol. The zero-order valence-corrected chi connectivity index (χ0v) is 23.7. The summed E-state index contributed by atoms with van der Waals surface area (Å²) >= 11 is 6.62. The number of rotatable bonds is 6. The van der Waals surface area contributed by atoms with E-state index in [1.54, 1.807) is 4.90 Å². The second-order valence-corrected chi connectivity index (χ2v) is 11.4. The summed E-state index contributed by atoms with van der Waals surface area (Å²) in [7, 11) is 0. The number of amides is 1. The molecule has 2 aliphatic rings. The Labute approximate surface area is 240 Å². The smallest absolute Gasteiger partial charge is 0.321 e. The maximum atomic E-state index is 15.0. The van der Waals surface area contributed by atoms with Crippen molar-refractivity contribution in [3.63, 3.8) is 0 Å². The van der Waals surface area contributed by atoms with Crippen LogP contribution in [0.1, 0.15) is 27.2 Å². The van der Waals surface area contributed by atoms with Crippen LogP contribution in [0.2, 0.25) is 5.02 Å². The Morgan fingerprint density at radius 2 is 1.88 bits per heavy atom. The fourth-order valence-corrected chi connectivity index (χ4v) is 6.10. The topological polar surface area (TPSA) is 84.5 Å². The Hall–Kier alpha value is -3.98. The van der Waals surface area contributed by atoms with Crippen molar-refractivity contribution in [2.24, 2.45) is 17.8 Å². The number of carbonyl (C=O) groups is 1. The standard InChI is InChI=1S/C31H30ClF2N3O4/c1-5-26(39)35-13-18(14-35)15-36-23-12-21(32)20(27-25(38)10-9-22(33)28(27)34)11-24(23)37(31(41)30(36)40)29-17(4)7-6-8-19(29)16(2)3/h5-7,9-12,16,18-19,38H,1,8,13-15H2,2-4H3/t19-/m1/s1. The molecule has 2 heterocycles. The summed E-state index contributed by atoms with van der Waals surface area (Å²) in [5.41, 5.74) is 0.0197. The summed E-state index contributed by atoms with van der Waals surface area (Å²) in [6.45, 7) is 10.3. The molecule has 1 atom stereocenters. The third-order valence-corrected chi connectivity index (χ3v) is 8.33. The van der Waals surface area contributed by atoms with Crippen molar-refractivity contribution in [1.82, 2.24) is 14.0 Å². The van der Waals surface area contributed by atoms with Gasteiger partial charge in [0.2, 0.25) is 5.91 Å². The molecule has 1 fully saturated rings. The van der Waals surface area contributed by atoms with Gasteiger partial charge in [0.05, 0.1) is 21.6 Å². The van der Waals surface area contributed by atoms with E-state index in [1.807, 2.05) is 32.9 Å². The molecule has 1 N–H and O–H groups in total. The molecule has 0 radical (unpaired) electrons. The third-order valence-electron chi connectivity index (χ3n) is 8.01. The molecule has 0 saturated carbocycles. The molecule has 1 aliphatic carbocycles. The van der Waals surface area contributed by atoms with Gasteiger partial charge in [-0.1, -0.05) is 44.2 Å².